The van der Waals surface area contributed by atoms with Crippen LogP contribution in [-0.2, 0) is 12.7 Å². The fourth-order valence-electron chi connectivity index (χ4n) is 4.76. The largest absolute Gasteiger partial charge is 0.478 e. The van der Waals surface area contributed by atoms with Gasteiger partial charge in [0.25, 0.3) is 5.91 Å². The average molecular weight is 606 g/mol. The minimum absolute atomic E-state index is 0.122. The molecule has 218 valence electrons. The average Bonchev–Trinajstić information content (AvgIpc) is 3.77. The van der Waals surface area contributed by atoms with E-state index < -0.39 is 29.4 Å². The van der Waals surface area contributed by atoms with Gasteiger partial charge in [0, 0.05) is 16.8 Å². The Morgan fingerprint density at radius 2 is 1.60 bits per heavy atom. The Labute approximate surface area is 247 Å². The molecule has 1 saturated carbocycles. The summed E-state index contributed by atoms with van der Waals surface area (Å²) in [5, 5.41) is 17.9. The number of halogens is 4. The second-order valence-corrected chi connectivity index (χ2v) is 11.3. The number of aromatic nitrogens is 2. The Balaban J connectivity index is 1.42. The molecule has 43 heavy (non-hydrogen) atoms. The molecule has 0 unspecified atom stereocenters. The number of hydrogen-bond acceptors (Lipinski definition) is 4. The normalized spacial score (nSPS) is 13.3. The van der Waals surface area contributed by atoms with Gasteiger partial charge in [0.15, 0.2) is 0 Å². The molecule has 0 spiro atoms. The molecule has 2 N–H and O–H groups in total. The third-order valence-corrected chi connectivity index (χ3v) is 8.13. The molecule has 1 aliphatic rings. The van der Waals surface area contributed by atoms with E-state index in [0.29, 0.717) is 43.1 Å². The zero-order chi connectivity index (χ0) is 30.3. The summed E-state index contributed by atoms with van der Waals surface area (Å²) in [6.45, 7) is 0.124. The molecule has 6 nitrogen and oxygen atoms in total. The van der Waals surface area contributed by atoms with Gasteiger partial charge in [-0.15, -0.1) is 0 Å². The molecule has 6 rings (SSSR count). The number of alkyl halides is 3. The van der Waals surface area contributed by atoms with Crippen LogP contribution in [0.4, 0.5) is 17.6 Å². The lowest BCUT2D eigenvalue weighted by Gasteiger charge is -2.12. The maximum absolute atomic E-state index is 13.8. The molecule has 0 bridgehead atoms. The van der Waals surface area contributed by atoms with E-state index in [0.717, 1.165) is 25.0 Å². The number of carbonyl (C=O) groups is 2. The molecule has 0 saturated heterocycles. The summed E-state index contributed by atoms with van der Waals surface area (Å²) < 4.78 is 55.0. The predicted octanol–water partition coefficient (Wildman–Crippen LogP) is 7.98. The van der Waals surface area contributed by atoms with Crippen molar-refractivity contribution in [1.82, 2.24) is 15.1 Å². The van der Waals surface area contributed by atoms with E-state index in [-0.39, 0.29) is 18.2 Å². The zero-order valence-corrected chi connectivity index (χ0v) is 23.2. The Morgan fingerprint density at radius 3 is 2.21 bits per heavy atom. The van der Waals surface area contributed by atoms with Crippen LogP contribution in [0.15, 0.2) is 94.9 Å². The van der Waals surface area contributed by atoms with Gasteiger partial charge in [0.2, 0.25) is 0 Å². The number of carboxylic acid groups (broad SMARTS) is 1. The van der Waals surface area contributed by atoms with Crippen molar-refractivity contribution < 1.29 is 32.3 Å². The fourth-order valence-corrected chi connectivity index (χ4v) is 5.70. The van der Waals surface area contributed by atoms with E-state index in [4.69, 9.17) is 10.2 Å². The molecule has 0 aliphatic heterocycles. The number of aromatic carboxylic acids is 1. The monoisotopic (exact) mass is 605 g/mol. The number of carbonyl (C=O) groups excluding carboxylic acids is 1. The lowest BCUT2D eigenvalue weighted by molar-refractivity contribution is -0.137. The Morgan fingerprint density at radius 1 is 0.930 bits per heavy atom. The molecule has 1 aliphatic carbocycles. The van der Waals surface area contributed by atoms with Crippen molar-refractivity contribution in [2.45, 2.75) is 41.5 Å². The number of nitrogens with one attached hydrogen (secondary N) is 1. The van der Waals surface area contributed by atoms with Crippen molar-refractivity contribution in [2.24, 2.45) is 0 Å². The van der Waals surface area contributed by atoms with Crippen LogP contribution in [0, 0.1) is 5.82 Å². The molecule has 1 fully saturated rings. The van der Waals surface area contributed by atoms with Crippen LogP contribution in [0.2, 0.25) is 0 Å². The molecule has 1 amide bonds. The van der Waals surface area contributed by atoms with Crippen molar-refractivity contribution in [2.75, 3.05) is 0 Å². The van der Waals surface area contributed by atoms with Gasteiger partial charge in [-0.05, 0) is 90.2 Å². The number of nitrogens with zero attached hydrogens (tertiary/aromatic N) is 2. The number of amides is 1. The van der Waals surface area contributed by atoms with Crippen molar-refractivity contribution in [3.8, 4) is 11.1 Å². The smallest absolute Gasteiger partial charge is 0.416 e. The molecular weight excluding hydrogens is 582 g/mol. The third kappa shape index (κ3) is 6.12. The van der Waals surface area contributed by atoms with Gasteiger partial charge in [-0.1, -0.05) is 36.0 Å². The van der Waals surface area contributed by atoms with Crippen LogP contribution >= 0.6 is 11.8 Å². The topological polar surface area (TPSA) is 84.2 Å². The summed E-state index contributed by atoms with van der Waals surface area (Å²) in [6, 6.07) is 20.6. The van der Waals surface area contributed by atoms with E-state index in [2.05, 4.69) is 5.32 Å². The minimum Gasteiger partial charge on any atom is -0.478 e. The van der Waals surface area contributed by atoms with Gasteiger partial charge in [0.1, 0.15) is 10.8 Å². The van der Waals surface area contributed by atoms with E-state index >= 15 is 0 Å². The Bertz CT molecular complexity index is 1830. The number of fused-ring (bicyclic) bond motifs is 1. The number of benzene rings is 4. The molecule has 1 heterocycles. The zero-order valence-electron chi connectivity index (χ0n) is 22.4. The number of hydrogen-bond donors (Lipinski definition) is 2. The molecule has 0 radical (unpaired) electrons. The van der Waals surface area contributed by atoms with Crippen LogP contribution in [0.25, 0.3) is 22.0 Å². The lowest BCUT2D eigenvalue weighted by Crippen LogP contribution is -2.23. The third-order valence-electron chi connectivity index (χ3n) is 7.14. The second-order valence-electron chi connectivity index (χ2n) is 10.2. The van der Waals surface area contributed by atoms with E-state index in [1.165, 1.54) is 48.2 Å². The van der Waals surface area contributed by atoms with Gasteiger partial charge >= 0.3 is 12.1 Å². The highest BCUT2D eigenvalue weighted by Crippen LogP contribution is 2.43. The van der Waals surface area contributed by atoms with Crippen molar-refractivity contribution in [3.05, 3.63) is 113 Å². The summed E-state index contributed by atoms with van der Waals surface area (Å²) in [4.78, 5) is 25.5. The molecule has 0 atom stereocenters. The van der Waals surface area contributed by atoms with Crippen LogP contribution < -0.4 is 5.32 Å². The fraction of sp³-hybridized carbons (Fsp3) is 0.156. The SMILES string of the molecule is O=C(O)c1ccc(CNC(=O)c2cc(-c3ccc(F)cc3)cc3c2c(Sc2ccc(C(F)(F)F)cc2)nn3C2CC2)cc1. The van der Waals surface area contributed by atoms with Crippen molar-refractivity contribution in [1.29, 1.82) is 0 Å². The summed E-state index contributed by atoms with van der Waals surface area (Å²) in [5.41, 5.74) is 2.43. The summed E-state index contributed by atoms with van der Waals surface area (Å²) in [5.74, 6) is -1.86. The van der Waals surface area contributed by atoms with E-state index in [1.807, 2.05) is 10.7 Å². The highest BCUT2D eigenvalue weighted by Gasteiger charge is 2.31. The van der Waals surface area contributed by atoms with Crippen molar-refractivity contribution in [3.63, 3.8) is 0 Å². The van der Waals surface area contributed by atoms with Crippen molar-refractivity contribution >= 4 is 34.5 Å². The number of rotatable bonds is 8. The van der Waals surface area contributed by atoms with Gasteiger partial charge in [0.05, 0.1) is 28.2 Å². The van der Waals surface area contributed by atoms with Gasteiger partial charge in [-0.25, -0.2) is 9.18 Å². The van der Waals surface area contributed by atoms with E-state index in [9.17, 15) is 27.2 Å². The Kier molecular flexibility index (Phi) is 7.43. The van der Waals surface area contributed by atoms with Crippen LogP contribution in [0.1, 0.15) is 50.7 Å². The molecule has 1 aromatic heterocycles. The first kappa shape index (κ1) is 28.5. The van der Waals surface area contributed by atoms with Crippen LogP contribution in [0.5, 0.6) is 0 Å². The number of carboxylic acids is 1. The highest BCUT2D eigenvalue weighted by atomic mass is 32.2. The van der Waals surface area contributed by atoms with Gasteiger partial charge in [-0.3, -0.25) is 9.48 Å². The van der Waals surface area contributed by atoms with E-state index in [1.54, 1.807) is 30.3 Å². The molecule has 4 aromatic carbocycles. The summed E-state index contributed by atoms with van der Waals surface area (Å²) in [6.07, 6.45) is -2.66. The summed E-state index contributed by atoms with van der Waals surface area (Å²) in [7, 11) is 0. The summed E-state index contributed by atoms with van der Waals surface area (Å²) >= 11 is 1.17. The standard InChI is InChI=1S/C32H23F4N3O3S/c33-23-9-5-19(6-10-23)21-15-26(29(40)37-17-18-1-3-20(4-2-18)31(41)42)28-27(16-21)39(24-11-12-24)38-30(28)43-25-13-7-22(8-14-25)32(34,35)36/h1-10,13-16,24H,11-12,17H2,(H,37,40)(H,41,42). The molecule has 5 aromatic rings. The second kappa shape index (κ2) is 11.2. The van der Waals surface area contributed by atoms with Crippen LogP contribution in [-0.4, -0.2) is 26.8 Å². The quantitative estimate of drug-likeness (QED) is 0.175. The maximum Gasteiger partial charge on any atom is 0.416 e. The highest BCUT2D eigenvalue weighted by molar-refractivity contribution is 7.99. The predicted molar refractivity (Wildman–Crippen MR) is 154 cm³/mol. The van der Waals surface area contributed by atoms with Crippen LogP contribution in [0.3, 0.4) is 0 Å². The first-order chi connectivity index (χ1) is 20.6. The lowest BCUT2D eigenvalue weighted by atomic mass is 9.99. The van der Waals surface area contributed by atoms with Gasteiger partial charge < -0.3 is 10.4 Å². The molecule has 11 heteroatoms. The van der Waals surface area contributed by atoms with Gasteiger partial charge in [-0.2, -0.15) is 18.3 Å². The first-order valence-corrected chi connectivity index (χ1v) is 14.2. The maximum atomic E-state index is 13.8. The first-order valence-electron chi connectivity index (χ1n) is 13.3. The minimum atomic E-state index is -4.46. The molecular formula is C32H23F4N3O3S. The Hall–Kier alpha value is -4.64.